The first-order chi connectivity index (χ1) is 15.3. The zero-order chi connectivity index (χ0) is 22.7. The van der Waals surface area contributed by atoms with Crippen LogP contribution in [0.3, 0.4) is 0 Å². The molecule has 12 heteroatoms. The van der Waals surface area contributed by atoms with Crippen molar-refractivity contribution in [3.8, 4) is 11.6 Å². The zero-order valence-electron chi connectivity index (χ0n) is 17.5. The number of likely N-dealkylation sites (tertiary alicyclic amines) is 1. The van der Waals surface area contributed by atoms with Crippen LogP contribution in [0.25, 0.3) is 11.6 Å². The lowest BCUT2D eigenvalue weighted by Gasteiger charge is -2.30. The molecular formula is C20H23F3N8O. The number of hydrogen-bond acceptors (Lipinski definition) is 9. The van der Waals surface area contributed by atoms with Gasteiger partial charge in [-0.15, -0.1) is 0 Å². The van der Waals surface area contributed by atoms with E-state index < -0.39 is 12.6 Å². The van der Waals surface area contributed by atoms with Crippen molar-refractivity contribution < 1.29 is 17.7 Å². The fourth-order valence-electron chi connectivity index (χ4n) is 3.58. The highest BCUT2D eigenvalue weighted by molar-refractivity contribution is 5.58. The number of nitrogens with two attached hydrogens (primary N) is 1. The summed E-state index contributed by atoms with van der Waals surface area (Å²) in [7, 11) is 1.81. The summed E-state index contributed by atoms with van der Waals surface area (Å²) >= 11 is 0. The third-order valence-corrected chi connectivity index (χ3v) is 5.37. The number of anilines is 3. The fourth-order valence-corrected chi connectivity index (χ4v) is 3.58. The second-order valence-corrected chi connectivity index (χ2v) is 7.65. The summed E-state index contributed by atoms with van der Waals surface area (Å²) in [6.07, 6.45) is -3.66. The summed E-state index contributed by atoms with van der Waals surface area (Å²) in [6.45, 7) is 1.10. The topological polar surface area (TPSA) is 110 Å². The quantitative estimate of drug-likeness (QED) is 0.606. The van der Waals surface area contributed by atoms with Crippen molar-refractivity contribution in [3.05, 3.63) is 36.2 Å². The van der Waals surface area contributed by atoms with E-state index in [0.717, 1.165) is 5.69 Å². The number of piperidine rings is 1. The predicted molar refractivity (Wildman–Crippen MR) is 111 cm³/mol. The first-order valence-corrected chi connectivity index (χ1v) is 10.2. The molecule has 0 radical (unpaired) electrons. The monoisotopic (exact) mass is 448 g/mol. The summed E-state index contributed by atoms with van der Waals surface area (Å²) in [6, 6.07) is 9.53. The summed E-state index contributed by atoms with van der Waals surface area (Å²) in [5.74, 6) is 1.14. The van der Waals surface area contributed by atoms with E-state index in [-0.39, 0.29) is 30.1 Å². The SMILES string of the molecule is CN(c1ccccc1)c1nc(N)nc(-c2noc(C3CCN(CCC(F)(F)F)CC3)n2)n1. The van der Waals surface area contributed by atoms with E-state index in [0.29, 0.717) is 37.8 Å². The Bertz CT molecular complexity index is 1030. The Kier molecular flexibility index (Phi) is 6.21. The predicted octanol–water partition coefficient (Wildman–Crippen LogP) is 3.40. The largest absolute Gasteiger partial charge is 0.390 e. The molecule has 1 aliphatic rings. The molecule has 3 heterocycles. The molecule has 0 atom stereocenters. The Morgan fingerprint density at radius 3 is 2.47 bits per heavy atom. The molecule has 1 aliphatic heterocycles. The molecule has 0 aliphatic carbocycles. The Morgan fingerprint density at radius 1 is 1.06 bits per heavy atom. The number of benzene rings is 1. The normalized spacial score (nSPS) is 15.8. The maximum absolute atomic E-state index is 12.4. The van der Waals surface area contributed by atoms with E-state index in [1.165, 1.54) is 0 Å². The first-order valence-electron chi connectivity index (χ1n) is 10.2. The van der Waals surface area contributed by atoms with Crippen molar-refractivity contribution in [1.82, 2.24) is 30.0 Å². The molecule has 0 saturated carbocycles. The van der Waals surface area contributed by atoms with E-state index in [9.17, 15) is 13.2 Å². The zero-order valence-corrected chi connectivity index (χ0v) is 17.5. The lowest BCUT2D eigenvalue weighted by molar-refractivity contribution is -0.138. The van der Waals surface area contributed by atoms with Crippen molar-refractivity contribution in [2.75, 3.05) is 37.3 Å². The highest BCUT2D eigenvalue weighted by Gasteiger charge is 2.30. The van der Waals surface area contributed by atoms with Gasteiger partial charge in [0.15, 0.2) is 0 Å². The molecule has 9 nitrogen and oxygen atoms in total. The highest BCUT2D eigenvalue weighted by Crippen LogP contribution is 2.30. The van der Waals surface area contributed by atoms with E-state index >= 15 is 0 Å². The van der Waals surface area contributed by atoms with Crippen molar-refractivity contribution >= 4 is 17.6 Å². The van der Waals surface area contributed by atoms with E-state index in [1.807, 2.05) is 37.4 Å². The molecule has 2 aromatic heterocycles. The van der Waals surface area contributed by atoms with Gasteiger partial charge < -0.3 is 20.1 Å². The second kappa shape index (κ2) is 9.07. The molecule has 1 fully saturated rings. The number of alkyl halides is 3. The second-order valence-electron chi connectivity index (χ2n) is 7.65. The minimum atomic E-state index is -4.14. The molecule has 1 saturated heterocycles. The molecule has 3 aromatic rings. The van der Waals surface area contributed by atoms with Crippen LogP contribution in [0.1, 0.15) is 31.1 Å². The highest BCUT2D eigenvalue weighted by atomic mass is 19.4. The van der Waals surface area contributed by atoms with Crippen LogP contribution in [0.15, 0.2) is 34.9 Å². The number of nitrogens with zero attached hydrogens (tertiary/aromatic N) is 7. The smallest absolute Gasteiger partial charge is 0.368 e. The summed E-state index contributed by atoms with van der Waals surface area (Å²) in [5, 5.41) is 3.99. The first kappa shape index (κ1) is 21.9. The van der Waals surface area contributed by atoms with E-state index in [2.05, 4.69) is 25.1 Å². The van der Waals surface area contributed by atoms with Gasteiger partial charge in [-0.1, -0.05) is 23.4 Å². The molecular weight excluding hydrogens is 425 g/mol. The maximum Gasteiger partial charge on any atom is 0.390 e. The van der Waals surface area contributed by atoms with Crippen molar-refractivity contribution in [2.45, 2.75) is 31.4 Å². The van der Waals surface area contributed by atoms with Gasteiger partial charge in [0, 0.05) is 25.2 Å². The lowest BCUT2D eigenvalue weighted by atomic mass is 9.96. The number of aromatic nitrogens is 5. The van der Waals surface area contributed by atoms with Crippen LogP contribution in [0, 0.1) is 0 Å². The van der Waals surface area contributed by atoms with Gasteiger partial charge in [0.25, 0.3) is 0 Å². The van der Waals surface area contributed by atoms with Crippen molar-refractivity contribution in [2.24, 2.45) is 0 Å². The standard InChI is InChI=1S/C20H23F3N8O/c1-30(14-5-3-2-4-6-14)19-27-15(26-18(24)28-19)16-25-17(32-29-16)13-7-10-31(11-8-13)12-9-20(21,22)23/h2-6,13H,7-12H2,1H3,(H2,24,26,27,28). The third-order valence-electron chi connectivity index (χ3n) is 5.37. The Morgan fingerprint density at radius 2 is 1.78 bits per heavy atom. The molecule has 1 aromatic carbocycles. The van der Waals surface area contributed by atoms with Crippen LogP contribution < -0.4 is 10.6 Å². The minimum Gasteiger partial charge on any atom is -0.368 e. The van der Waals surface area contributed by atoms with E-state index in [4.69, 9.17) is 10.3 Å². The average molecular weight is 448 g/mol. The molecule has 0 unspecified atom stereocenters. The van der Waals surface area contributed by atoms with Crippen molar-refractivity contribution in [1.29, 1.82) is 0 Å². The molecule has 0 bridgehead atoms. The Hall–Kier alpha value is -3.28. The van der Waals surface area contributed by atoms with E-state index in [1.54, 1.807) is 9.80 Å². The fraction of sp³-hybridized carbons (Fsp3) is 0.450. The molecule has 0 amide bonds. The van der Waals surface area contributed by atoms with Gasteiger partial charge in [-0.25, -0.2) is 0 Å². The summed E-state index contributed by atoms with van der Waals surface area (Å²) < 4.78 is 42.7. The van der Waals surface area contributed by atoms with Crippen LogP contribution in [-0.4, -0.2) is 62.9 Å². The van der Waals surface area contributed by atoms with Crippen molar-refractivity contribution in [3.63, 3.8) is 0 Å². The maximum atomic E-state index is 12.4. The van der Waals surface area contributed by atoms with Crippen LogP contribution in [0.5, 0.6) is 0 Å². The summed E-state index contributed by atoms with van der Waals surface area (Å²) in [4.78, 5) is 20.7. The minimum absolute atomic E-state index is 0.00709. The van der Waals surface area contributed by atoms with Crippen LogP contribution >= 0.6 is 0 Å². The average Bonchev–Trinajstić information content (AvgIpc) is 3.28. The summed E-state index contributed by atoms with van der Waals surface area (Å²) in [5.41, 5.74) is 6.75. The van der Waals surface area contributed by atoms with Crippen LogP contribution in [-0.2, 0) is 0 Å². The lowest BCUT2D eigenvalue weighted by Crippen LogP contribution is -2.35. The molecule has 170 valence electrons. The van der Waals surface area contributed by atoms with Gasteiger partial charge in [0.1, 0.15) is 0 Å². The number of rotatable bonds is 6. The van der Waals surface area contributed by atoms with Gasteiger partial charge in [-0.05, 0) is 38.1 Å². The molecule has 0 spiro atoms. The van der Waals surface area contributed by atoms with Gasteiger partial charge in [0.05, 0.1) is 6.42 Å². The van der Waals surface area contributed by atoms with Gasteiger partial charge in [0.2, 0.25) is 29.4 Å². The number of nitrogen functional groups attached to an aromatic ring is 1. The number of halogens is 3. The Labute approximate surface area is 182 Å². The molecule has 2 N–H and O–H groups in total. The van der Waals surface area contributed by atoms with Crippen LogP contribution in [0.2, 0.25) is 0 Å². The van der Waals surface area contributed by atoms with Gasteiger partial charge in [-0.3, -0.25) is 0 Å². The van der Waals surface area contributed by atoms with Gasteiger partial charge >= 0.3 is 6.18 Å². The Balaban J connectivity index is 1.44. The number of hydrogen-bond donors (Lipinski definition) is 1. The molecule has 4 rings (SSSR count). The molecule has 32 heavy (non-hydrogen) atoms. The van der Waals surface area contributed by atoms with Gasteiger partial charge in [-0.2, -0.15) is 33.1 Å². The third kappa shape index (κ3) is 5.31. The van der Waals surface area contributed by atoms with Crippen LogP contribution in [0.4, 0.5) is 30.8 Å². The number of para-hydroxylation sites is 1.